The zero-order chi connectivity index (χ0) is 13.1. The SMILES string of the molecule is C=C(Cl)CS(=O)(=O)c1ccc(CC(=O)O)cc1. The van der Waals surface area contributed by atoms with Gasteiger partial charge in [0, 0.05) is 5.03 Å². The van der Waals surface area contributed by atoms with E-state index in [2.05, 4.69) is 6.58 Å². The summed E-state index contributed by atoms with van der Waals surface area (Å²) in [7, 11) is -3.48. The predicted molar refractivity (Wildman–Crippen MR) is 64.8 cm³/mol. The summed E-state index contributed by atoms with van der Waals surface area (Å²) in [6.07, 6.45) is -0.136. The van der Waals surface area contributed by atoms with Gasteiger partial charge in [-0.3, -0.25) is 4.79 Å². The second kappa shape index (κ2) is 5.33. The maximum atomic E-state index is 11.7. The zero-order valence-electron chi connectivity index (χ0n) is 8.89. The number of hydrogen-bond acceptors (Lipinski definition) is 3. The van der Waals surface area contributed by atoms with Crippen LogP contribution in [0, 0.1) is 0 Å². The summed E-state index contributed by atoms with van der Waals surface area (Å²) < 4.78 is 23.4. The normalized spacial score (nSPS) is 11.1. The number of carboxylic acids is 1. The number of carboxylic acid groups (broad SMARTS) is 1. The van der Waals surface area contributed by atoms with Crippen LogP contribution in [0.4, 0.5) is 0 Å². The molecule has 0 amide bonds. The molecule has 0 aliphatic rings. The van der Waals surface area contributed by atoms with E-state index in [0.717, 1.165) is 0 Å². The number of rotatable bonds is 5. The number of hydrogen-bond donors (Lipinski definition) is 1. The van der Waals surface area contributed by atoms with E-state index in [1.807, 2.05) is 0 Å². The van der Waals surface area contributed by atoms with E-state index in [1.54, 1.807) is 0 Å². The predicted octanol–water partition coefficient (Wildman–Crippen LogP) is 1.84. The summed E-state index contributed by atoms with van der Waals surface area (Å²) in [5.41, 5.74) is 0.543. The molecule has 0 atom stereocenters. The summed E-state index contributed by atoms with van der Waals surface area (Å²) in [5.74, 6) is -1.29. The van der Waals surface area contributed by atoms with Gasteiger partial charge >= 0.3 is 5.97 Å². The van der Waals surface area contributed by atoms with Crippen LogP contribution in [0.2, 0.25) is 0 Å². The molecule has 0 saturated carbocycles. The molecular weight excluding hydrogens is 264 g/mol. The average molecular weight is 275 g/mol. The van der Waals surface area contributed by atoms with Gasteiger partial charge in [-0.1, -0.05) is 30.3 Å². The molecule has 0 unspecified atom stereocenters. The van der Waals surface area contributed by atoms with Crippen LogP contribution >= 0.6 is 11.6 Å². The van der Waals surface area contributed by atoms with Crippen LogP contribution in [0.15, 0.2) is 40.8 Å². The van der Waals surface area contributed by atoms with Gasteiger partial charge in [0.2, 0.25) is 0 Å². The molecule has 1 aromatic carbocycles. The van der Waals surface area contributed by atoms with Gasteiger partial charge in [-0.25, -0.2) is 8.42 Å². The van der Waals surface area contributed by atoms with Crippen LogP contribution in [-0.4, -0.2) is 25.2 Å². The van der Waals surface area contributed by atoms with Crippen molar-refractivity contribution in [3.63, 3.8) is 0 Å². The van der Waals surface area contributed by atoms with E-state index in [4.69, 9.17) is 16.7 Å². The molecule has 0 aromatic heterocycles. The van der Waals surface area contributed by atoms with Crippen molar-refractivity contribution in [2.24, 2.45) is 0 Å². The highest BCUT2D eigenvalue weighted by Crippen LogP contribution is 2.16. The van der Waals surface area contributed by atoms with Gasteiger partial charge < -0.3 is 5.11 Å². The third-order valence-electron chi connectivity index (χ3n) is 1.98. The Balaban J connectivity index is 2.94. The molecule has 92 valence electrons. The zero-order valence-corrected chi connectivity index (χ0v) is 10.5. The second-order valence-electron chi connectivity index (χ2n) is 3.49. The minimum atomic E-state index is -3.48. The van der Waals surface area contributed by atoms with E-state index < -0.39 is 15.8 Å². The molecule has 0 saturated heterocycles. The summed E-state index contributed by atoms with van der Waals surface area (Å²) in [6.45, 7) is 3.33. The van der Waals surface area contributed by atoms with Crippen molar-refractivity contribution in [1.29, 1.82) is 0 Å². The second-order valence-corrected chi connectivity index (χ2v) is 6.01. The fourth-order valence-corrected chi connectivity index (χ4v) is 2.84. The Morgan fingerprint density at radius 2 is 1.82 bits per heavy atom. The standard InChI is InChI=1S/C11H11ClO4S/c1-8(12)7-17(15,16)10-4-2-9(3-5-10)6-11(13)14/h2-5H,1,6-7H2,(H,13,14). The van der Waals surface area contributed by atoms with Crippen molar-refractivity contribution >= 4 is 27.4 Å². The van der Waals surface area contributed by atoms with Crippen LogP contribution in [-0.2, 0) is 21.1 Å². The number of benzene rings is 1. The smallest absolute Gasteiger partial charge is 0.307 e. The Morgan fingerprint density at radius 3 is 2.24 bits per heavy atom. The Morgan fingerprint density at radius 1 is 1.29 bits per heavy atom. The van der Waals surface area contributed by atoms with E-state index >= 15 is 0 Å². The molecule has 6 heteroatoms. The van der Waals surface area contributed by atoms with Gasteiger partial charge in [-0.2, -0.15) is 0 Å². The first-order valence-corrected chi connectivity index (χ1v) is 6.71. The largest absolute Gasteiger partial charge is 0.481 e. The van der Waals surface area contributed by atoms with Crippen molar-refractivity contribution in [2.75, 3.05) is 5.75 Å². The lowest BCUT2D eigenvalue weighted by Gasteiger charge is -2.04. The molecule has 0 bridgehead atoms. The highest BCUT2D eigenvalue weighted by Gasteiger charge is 2.15. The first kappa shape index (κ1) is 13.7. The van der Waals surface area contributed by atoms with E-state index in [1.165, 1.54) is 24.3 Å². The molecule has 1 aromatic rings. The lowest BCUT2D eigenvalue weighted by Crippen LogP contribution is -2.07. The van der Waals surface area contributed by atoms with Gasteiger partial charge in [0.05, 0.1) is 17.1 Å². The molecule has 0 heterocycles. The third kappa shape index (κ3) is 4.20. The molecule has 0 aliphatic heterocycles. The summed E-state index contributed by atoms with van der Waals surface area (Å²) >= 11 is 5.46. The van der Waals surface area contributed by atoms with E-state index in [0.29, 0.717) is 5.56 Å². The molecule has 0 fully saturated rings. The maximum absolute atomic E-state index is 11.7. The van der Waals surface area contributed by atoms with E-state index in [9.17, 15) is 13.2 Å². The molecule has 1 rings (SSSR count). The van der Waals surface area contributed by atoms with E-state index in [-0.39, 0.29) is 22.1 Å². The Bertz CT molecular complexity index is 531. The first-order valence-electron chi connectivity index (χ1n) is 4.68. The fraction of sp³-hybridized carbons (Fsp3) is 0.182. The molecule has 0 aliphatic carbocycles. The van der Waals surface area contributed by atoms with Crippen LogP contribution in [0.1, 0.15) is 5.56 Å². The number of aliphatic carboxylic acids is 1. The van der Waals surface area contributed by atoms with Crippen LogP contribution in [0.25, 0.3) is 0 Å². The quantitative estimate of drug-likeness (QED) is 0.889. The summed E-state index contributed by atoms with van der Waals surface area (Å²) in [5, 5.41) is 8.61. The van der Waals surface area contributed by atoms with Crippen molar-refractivity contribution in [3.05, 3.63) is 41.4 Å². The Hall–Kier alpha value is -1.33. The molecule has 0 spiro atoms. The molecule has 4 nitrogen and oxygen atoms in total. The number of carbonyl (C=O) groups is 1. The van der Waals surface area contributed by atoms with Gasteiger partial charge in [-0.05, 0) is 17.7 Å². The lowest BCUT2D eigenvalue weighted by atomic mass is 10.2. The number of halogens is 1. The van der Waals surface area contributed by atoms with Crippen molar-refractivity contribution < 1.29 is 18.3 Å². The van der Waals surface area contributed by atoms with Gasteiger partial charge in [-0.15, -0.1) is 0 Å². The monoisotopic (exact) mass is 274 g/mol. The molecular formula is C11H11ClO4S. The lowest BCUT2D eigenvalue weighted by molar-refractivity contribution is -0.136. The maximum Gasteiger partial charge on any atom is 0.307 e. The minimum Gasteiger partial charge on any atom is -0.481 e. The topological polar surface area (TPSA) is 71.4 Å². The average Bonchev–Trinajstić information content (AvgIpc) is 2.15. The first-order chi connectivity index (χ1) is 7.81. The minimum absolute atomic E-state index is 0.0413. The van der Waals surface area contributed by atoms with Crippen LogP contribution in [0.3, 0.4) is 0 Å². The summed E-state index contributed by atoms with van der Waals surface area (Å²) in [6, 6.07) is 5.68. The van der Waals surface area contributed by atoms with Crippen molar-refractivity contribution in [2.45, 2.75) is 11.3 Å². The number of sulfone groups is 1. The van der Waals surface area contributed by atoms with Gasteiger partial charge in [0.15, 0.2) is 9.84 Å². The fourth-order valence-electron chi connectivity index (χ4n) is 1.28. The van der Waals surface area contributed by atoms with Crippen LogP contribution in [0.5, 0.6) is 0 Å². The molecule has 1 N–H and O–H groups in total. The summed E-state index contributed by atoms with van der Waals surface area (Å²) in [4.78, 5) is 10.6. The molecule has 0 radical (unpaired) electrons. The van der Waals surface area contributed by atoms with Crippen molar-refractivity contribution in [3.8, 4) is 0 Å². The van der Waals surface area contributed by atoms with Crippen LogP contribution < -0.4 is 0 Å². The van der Waals surface area contributed by atoms with Gasteiger partial charge in [0.25, 0.3) is 0 Å². The van der Waals surface area contributed by atoms with Gasteiger partial charge in [0.1, 0.15) is 0 Å². The third-order valence-corrected chi connectivity index (χ3v) is 4.00. The highest BCUT2D eigenvalue weighted by molar-refractivity contribution is 7.91. The Kier molecular flexibility index (Phi) is 4.31. The molecule has 17 heavy (non-hydrogen) atoms. The highest BCUT2D eigenvalue weighted by atomic mass is 35.5. The van der Waals surface area contributed by atoms with Crippen molar-refractivity contribution in [1.82, 2.24) is 0 Å². The Labute approximate surface area is 104 Å².